The third kappa shape index (κ3) is 6.32. The molecule has 0 bridgehead atoms. The third-order valence-corrected chi connectivity index (χ3v) is 5.65. The van der Waals surface area contributed by atoms with Crippen molar-refractivity contribution in [2.45, 2.75) is 38.1 Å². The number of rotatable bonds is 6. The maximum atomic E-state index is 12.9. The van der Waals surface area contributed by atoms with Crippen molar-refractivity contribution in [1.29, 1.82) is 0 Å². The number of hydrogen-bond acceptors (Lipinski definition) is 6. The number of likely N-dealkylation sites (N-methyl/N-ethyl adjacent to an activating group) is 1. The first-order chi connectivity index (χ1) is 16.0. The lowest BCUT2D eigenvalue weighted by molar-refractivity contribution is -0.893. The molecule has 0 aromatic heterocycles. The van der Waals surface area contributed by atoms with E-state index in [1.807, 2.05) is 25.1 Å². The molecule has 1 aliphatic carbocycles. The van der Waals surface area contributed by atoms with E-state index >= 15 is 0 Å². The largest absolute Gasteiger partial charge is 0.545 e. The molecule has 0 unspecified atom stereocenters. The summed E-state index contributed by atoms with van der Waals surface area (Å²) in [6.07, 6.45) is 6.08. The van der Waals surface area contributed by atoms with Crippen LogP contribution in [-0.2, 0) is 19.7 Å². The number of carboxylic acid groups (broad SMARTS) is 1. The summed E-state index contributed by atoms with van der Waals surface area (Å²) in [6.45, 7) is 3.49. The zero-order valence-corrected chi connectivity index (χ0v) is 20.4. The van der Waals surface area contributed by atoms with Crippen LogP contribution in [0, 0.1) is 0 Å². The van der Waals surface area contributed by atoms with Crippen LogP contribution in [0.25, 0.3) is 0 Å². The van der Waals surface area contributed by atoms with Gasteiger partial charge in [-0.1, -0.05) is 48.5 Å². The van der Waals surface area contributed by atoms with E-state index in [0.717, 1.165) is 18.4 Å². The zero-order chi connectivity index (χ0) is 25.4. The molecule has 2 atom stereocenters. The number of carbonyl (C=O) groups excluding carboxylic acids is 3. The second kappa shape index (κ2) is 11.6. The molecule has 2 aromatic rings. The van der Waals surface area contributed by atoms with Crippen molar-refractivity contribution in [3.05, 3.63) is 77.9 Å². The number of allylic oxidation sites excluding steroid dienone is 1. The minimum atomic E-state index is -1.36. The molecule has 34 heavy (non-hydrogen) atoms. The van der Waals surface area contributed by atoms with E-state index in [4.69, 9.17) is 4.74 Å². The molecule has 0 N–H and O–H groups in total. The Hall–Kier alpha value is -3.45. The highest BCUT2D eigenvalue weighted by Crippen LogP contribution is 2.41. The summed E-state index contributed by atoms with van der Waals surface area (Å²) in [5, 5.41) is 10.5. The Bertz CT molecular complexity index is 1020. The lowest BCUT2D eigenvalue weighted by atomic mass is 9.67. The molecule has 0 saturated heterocycles. The quantitative estimate of drug-likeness (QED) is 0.281. The SMILES string of the molecule is CC(=O)Oc1ccccc1C(=O)[O-].CCOC(=O)[C@]1(c2ccccc2)CCC=C[C@H]1[N+](C)(C)C. The Morgan fingerprint density at radius 2 is 1.65 bits per heavy atom. The number of benzene rings is 2. The van der Waals surface area contributed by atoms with Crippen molar-refractivity contribution in [1.82, 2.24) is 0 Å². The molecule has 0 saturated carbocycles. The summed E-state index contributed by atoms with van der Waals surface area (Å²) in [4.78, 5) is 34.0. The van der Waals surface area contributed by atoms with Gasteiger partial charge in [-0.3, -0.25) is 9.59 Å². The van der Waals surface area contributed by atoms with E-state index in [1.165, 1.54) is 25.1 Å². The summed E-state index contributed by atoms with van der Waals surface area (Å²) in [6, 6.07) is 16.0. The van der Waals surface area contributed by atoms with Crippen molar-refractivity contribution >= 4 is 17.9 Å². The number of carboxylic acids is 1. The van der Waals surface area contributed by atoms with Crippen LogP contribution in [0.15, 0.2) is 66.7 Å². The van der Waals surface area contributed by atoms with Gasteiger partial charge in [-0.2, -0.15) is 0 Å². The van der Waals surface area contributed by atoms with E-state index in [1.54, 1.807) is 6.07 Å². The van der Waals surface area contributed by atoms with E-state index in [2.05, 4.69) is 50.2 Å². The van der Waals surface area contributed by atoms with E-state index < -0.39 is 17.4 Å². The molecule has 0 fully saturated rings. The van der Waals surface area contributed by atoms with Crippen molar-refractivity contribution in [3.63, 3.8) is 0 Å². The standard InChI is InChI=1S/C18H26NO2.C9H8O4/c1-5-21-17(20)18(15-11-7-6-8-12-15)14-10-9-13-16(18)19(2,3)4;1-6(10)13-8-5-3-2-4-7(8)9(11)12/h6-9,11-13,16H,5,10,14H2,1-4H3;2-5H,1H3,(H,11,12)/q+1;/p-1/t16-,18+;/m1./s1. The molecular weight excluding hydrogens is 434 g/mol. The molecule has 0 spiro atoms. The number of quaternary nitrogens is 1. The number of ether oxygens (including phenoxy) is 2. The van der Waals surface area contributed by atoms with E-state index in [0.29, 0.717) is 11.1 Å². The fourth-order valence-corrected chi connectivity index (χ4v) is 4.30. The van der Waals surface area contributed by atoms with Crippen LogP contribution in [0.4, 0.5) is 0 Å². The fourth-order valence-electron chi connectivity index (χ4n) is 4.30. The van der Waals surface area contributed by atoms with Crippen molar-refractivity contribution < 1.29 is 33.4 Å². The third-order valence-electron chi connectivity index (χ3n) is 5.65. The molecule has 7 heteroatoms. The molecule has 1 aliphatic rings. The number of nitrogens with zero attached hydrogens (tertiary/aromatic N) is 1. The van der Waals surface area contributed by atoms with E-state index in [9.17, 15) is 19.5 Å². The minimum Gasteiger partial charge on any atom is -0.545 e. The van der Waals surface area contributed by atoms with Crippen LogP contribution in [0.3, 0.4) is 0 Å². The van der Waals surface area contributed by atoms with Crippen LogP contribution >= 0.6 is 0 Å². The second-order valence-electron chi connectivity index (χ2n) is 8.96. The Morgan fingerprint density at radius 1 is 1.03 bits per heavy atom. The first-order valence-electron chi connectivity index (χ1n) is 11.2. The lowest BCUT2D eigenvalue weighted by Crippen LogP contribution is -2.60. The molecule has 3 rings (SSSR count). The maximum Gasteiger partial charge on any atom is 0.323 e. The summed E-state index contributed by atoms with van der Waals surface area (Å²) in [5.74, 6) is -2.01. The molecule has 7 nitrogen and oxygen atoms in total. The van der Waals surface area contributed by atoms with Crippen LogP contribution in [0.5, 0.6) is 5.75 Å². The van der Waals surface area contributed by atoms with Gasteiger partial charge in [-0.05, 0) is 43.5 Å². The van der Waals surface area contributed by atoms with Gasteiger partial charge >= 0.3 is 11.9 Å². The number of carbonyl (C=O) groups is 3. The van der Waals surface area contributed by atoms with Gasteiger partial charge in [0, 0.05) is 12.5 Å². The molecule has 0 radical (unpaired) electrons. The monoisotopic (exact) mass is 467 g/mol. The average Bonchev–Trinajstić information content (AvgIpc) is 2.79. The van der Waals surface area contributed by atoms with Crippen LogP contribution in [0.1, 0.15) is 42.6 Å². The topological polar surface area (TPSA) is 92.7 Å². The van der Waals surface area contributed by atoms with Gasteiger partial charge in [-0.25, -0.2) is 0 Å². The van der Waals surface area contributed by atoms with Crippen LogP contribution in [0.2, 0.25) is 0 Å². The normalized spacial score (nSPS) is 19.4. The van der Waals surface area contributed by atoms with Gasteiger partial charge < -0.3 is 23.9 Å². The predicted molar refractivity (Wildman–Crippen MR) is 127 cm³/mol. The number of hydrogen-bond donors (Lipinski definition) is 0. The highest BCUT2D eigenvalue weighted by Gasteiger charge is 2.54. The van der Waals surface area contributed by atoms with Crippen LogP contribution in [-0.4, -0.2) is 56.2 Å². The van der Waals surface area contributed by atoms with Crippen molar-refractivity contribution in [2.24, 2.45) is 0 Å². The molecule has 182 valence electrons. The minimum absolute atomic E-state index is 0.00926. The van der Waals surface area contributed by atoms with Crippen molar-refractivity contribution in [3.8, 4) is 5.75 Å². The lowest BCUT2D eigenvalue weighted by Gasteiger charge is -2.46. The molecule has 0 heterocycles. The Balaban J connectivity index is 0.000000270. The number of esters is 2. The number of para-hydroxylation sites is 1. The van der Waals surface area contributed by atoms with Gasteiger partial charge in [0.1, 0.15) is 17.2 Å². The second-order valence-corrected chi connectivity index (χ2v) is 8.96. The van der Waals surface area contributed by atoms with Gasteiger partial charge in [-0.15, -0.1) is 0 Å². The molecule has 2 aromatic carbocycles. The summed E-state index contributed by atoms with van der Waals surface area (Å²) >= 11 is 0. The number of aromatic carboxylic acids is 1. The van der Waals surface area contributed by atoms with Gasteiger partial charge in [0.15, 0.2) is 0 Å². The first kappa shape index (κ1) is 26.8. The van der Waals surface area contributed by atoms with Gasteiger partial charge in [0.25, 0.3) is 0 Å². The Morgan fingerprint density at radius 3 is 2.21 bits per heavy atom. The highest BCUT2D eigenvalue weighted by atomic mass is 16.5. The fraction of sp³-hybridized carbons (Fsp3) is 0.370. The summed E-state index contributed by atoms with van der Waals surface area (Å²) in [7, 11) is 6.41. The van der Waals surface area contributed by atoms with E-state index in [-0.39, 0.29) is 23.3 Å². The first-order valence-corrected chi connectivity index (χ1v) is 11.2. The Kier molecular flexibility index (Phi) is 9.15. The summed E-state index contributed by atoms with van der Waals surface area (Å²) < 4.78 is 10.8. The highest BCUT2D eigenvalue weighted by molar-refractivity contribution is 5.90. The smallest absolute Gasteiger partial charge is 0.323 e. The Labute approximate surface area is 201 Å². The zero-order valence-electron chi connectivity index (χ0n) is 20.4. The molecule has 0 amide bonds. The maximum absolute atomic E-state index is 12.9. The molecule has 0 aliphatic heterocycles. The molecular formula is C27H33NO6. The summed E-state index contributed by atoms with van der Waals surface area (Å²) in [5.41, 5.74) is 0.341. The van der Waals surface area contributed by atoms with Crippen molar-refractivity contribution in [2.75, 3.05) is 27.7 Å². The van der Waals surface area contributed by atoms with Gasteiger partial charge in [0.2, 0.25) is 0 Å². The predicted octanol–water partition coefficient (Wildman–Crippen LogP) is 2.89. The van der Waals surface area contributed by atoms with Gasteiger partial charge in [0.05, 0.1) is 33.7 Å². The average molecular weight is 468 g/mol. The van der Waals surface area contributed by atoms with Crippen LogP contribution < -0.4 is 9.84 Å².